The quantitative estimate of drug-likeness (QED) is 0.453. The number of likely N-dealkylation sites (tertiary alicyclic amines) is 1. The zero-order valence-electron chi connectivity index (χ0n) is 14.3. The second-order valence-electron chi connectivity index (χ2n) is 6.94. The maximum absolute atomic E-state index is 5.80. The third-order valence-electron chi connectivity index (χ3n) is 3.99. The largest absolute Gasteiger partial charge is 0.443 e. The zero-order chi connectivity index (χ0) is 15.5. The van der Waals surface area contributed by atoms with E-state index in [4.69, 9.17) is 4.42 Å². The molecule has 0 amide bonds. The van der Waals surface area contributed by atoms with Crippen LogP contribution in [0.4, 0.5) is 0 Å². The molecule has 0 atom stereocenters. The van der Waals surface area contributed by atoms with Crippen LogP contribution >= 0.6 is 24.0 Å². The van der Waals surface area contributed by atoms with Crippen molar-refractivity contribution in [2.75, 3.05) is 20.1 Å². The monoisotopic (exact) mass is 420 g/mol. The highest BCUT2D eigenvalue weighted by atomic mass is 127. The summed E-state index contributed by atoms with van der Waals surface area (Å²) in [6.07, 6.45) is 4.28. The van der Waals surface area contributed by atoms with E-state index in [1.165, 1.54) is 12.8 Å². The molecule has 0 spiro atoms. The Kier molecular flexibility index (Phi) is 7.15. The summed E-state index contributed by atoms with van der Waals surface area (Å²) in [6.45, 7) is 11.4. The molecule has 1 aromatic rings. The van der Waals surface area contributed by atoms with Crippen LogP contribution in [0.3, 0.4) is 0 Å². The second-order valence-corrected chi connectivity index (χ2v) is 6.94. The molecule has 0 unspecified atom stereocenters. The topological polar surface area (TPSA) is 53.7 Å². The molecule has 2 rings (SSSR count). The zero-order valence-corrected chi connectivity index (χ0v) is 16.7. The number of piperidine rings is 1. The fourth-order valence-electron chi connectivity index (χ4n) is 2.45. The average Bonchev–Trinajstić information content (AvgIpc) is 2.90. The van der Waals surface area contributed by atoms with Crippen LogP contribution in [0.1, 0.15) is 52.2 Å². The number of hydrogen-bond acceptors (Lipinski definition) is 3. The van der Waals surface area contributed by atoms with Crippen molar-refractivity contribution in [1.82, 2.24) is 15.2 Å². The molecule has 126 valence electrons. The Hall–Kier alpha value is -0.790. The molecule has 0 aromatic carbocycles. The van der Waals surface area contributed by atoms with E-state index >= 15 is 0 Å². The molecule has 22 heavy (non-hydrogen) atoms. The number of aliphatic imine (C=N–C) groups is 1. The van der Waals surface area contributed by atoms with Gasteiger partial charge < -0.3 is 14.6 Å². The first kappa shape index (κ1) is 19.3. The molecule has 1 saturated heterocycles. The minimum atomic E-state index is -0.00403. The van der Waals surface area contributed by atoms with Crippen LogP contribution in [0, 0.1) is 5.92 Å². The van der Waals surface area contributed by atoms with Crippen molar-refractivity contribution in [3.05, 3.63) is 17.8 Å². The van der Waals surface area contributed by atoms with Crippen molar-refractivity contribution >= 4 is 29.9 Å². The summed E-state index contributed by atoms with van der Waals surface area (Å²) in [7, 11) is 1.83. The number of nitrogens with one attached hydrogen (secondary N) is 1. The fourth-order valence-corrected chi connectivity index (χ4v) is 2.45. The Morgan fingerprint density at radius 1 is 1.41 bits per heavy atom. The van der Waals surface area contributed by atoms with Gasteiger partial charge in [0.2, 0.25) is 5.89 Å². The van der Waals surface area contributed by atoms with E-state index in [0.29, 0.717) is 12.4 Å². The van der Waals surface area contributed by atoms with E-state index in [0.717, 1.165) is 30.7 Å². The van der Waals surface area contributed by atoms with E-state index in [-0.39, 0.29) is 29.4 Å². The maximum Gasteiger partial charge on any atom is 0.213 e. The number of nitrogens with zero attached hydrogens (tertiary/aromatic N) is 3. The van der Waals surface area contributed by atoms with Gasteiger partial charge in [-0.05, 0) is 18.8 Å². The van der Waals surface area contributed by atoms with Gasteiger partial charge in [-0.15, -0.1) is 24.0 Å². The highest BCUT2D eigenvalue weighted by molar-refractivity contribution is 14.0. The summed E-state index contributed by atoms with van der Waals surface area (Å²) in [5.41, 5.74) is -0.00403. The Labute approximate surface area is 151 Å². The molecule has 1 fully saturated rings. The number of hydrogen-bond donors (Lipinski definition) is 1. The third-order valence-corrected chi connectivity index (χ3v) is 3.99. The molecule has 5 nitrogen and oxygen atoms in total. The van der Waals surface area contributed by atoms with E-state index in [1.54, 1.807) is 0 Å². The van der Waals surface area contributed by atoms with E-state index < -0.39 is 0 Å². The molecule has 1 aromatic heterocycles. The minimum absolute atomic E-state index is 0. The molecule has 1 aliphatic heterocycles. The molecule has 0 saturated carbocycles. The van der Waals surface area contributed by atoms with E-state index in [2.05, 4.69) is 47.9 Å². The van der Waals surface area contributed by atoms with Crippen LogP contribution in [0.2, 0.25) is 0 Å². The lowest BCUT2D eigenvalue weighted by molar-refractivity contribution is 0.272. The summed E-state index contributed by atoms with van der Waals surface area (Å²) in [5.74, 6) is 3.39. The Bertz CT molecular complexity index is 485. The van der Waals surface area contributed by atoms with Gasteiger partial charge in [-0.1, -0.05) is 27.7 Å². The van der Waals surface area contributed by atoms with Crippen LogP contribution in [0.25, 0.3) is 0 Å². The second kappa shape index (κ2) is 8.17. The smallest absolute Gasteiger partial charge is 0.213 e. The molecule has 0 radical (unpaired) electrons. The summed E-state index contributed by atoms with van der Waals surface area (Å²) in [5, 5.41) is 3.35. The van der Waals surface area contributed by atoms with Crippen molar-refractivity contribution in [2.24, 2.45) is 10.9 Å². The first-order valence-corrected chi connectivity index (χ1v) is 7.81. The van der Waals surface area contributed by atoms with Gasteiger partial charge >= 0.3 is 0 Å². The predicted molar refractivity (Wildman–Crippen MR) is 101 cm³/mol. The van der Waals surface area contributed by atoms with Crippen LogP contribution in [0.15, 0.2) is 15.6 Å². The molecule has 6 heteroatoms. The Morgan fingerprint density at radius 2 is 2.05 bits per heavy atom. The lowest BCUT2D eigenvalue weighted by Crippen LogP contribution is -2.45. The summed E-state index contributed by atoms with van der Waals surface area (Å²) < 4.78 is 5.80. The van der Waals surface area contributed by atoms with Crippen LogP contribution < -0.4 is 5.32 Å². The van der Waals surface area contributed by atoms with Gasteiger partial charge in [-0.2, -0.15) is 0 Å². The van der Waals surface area contributed by atoms with Crippen molar-refractivity contribution in [2.45, 2.75) is 52.5 Å². The molecule has 1 N–H and O–H groups in total. The predicted octanol–water partition coefficient (Wildman–Crippen LogP) is 3.40. The molecule has 0 bridgehead atoms. The SMILES string of the molecule is CN=C(NCc1ncc(C(C)(C)C)o1)N1CCC(C)CC1.I. The molecular weight excluding hydrogens is 391 g/mol. The molecule has 1 aliphatic rings. The fraction of sp³-hybridized carbons (Fsp3) is 0.750. The van der Waals surface area contributed by atoms with Gasteiger partial charge in [0.1, 0.15) is 5.76 Å². The number of guanidine groups is 1. The van der Waals surface area contributed by atoms with Gasteiger partial charge in [0.15, 0.2) is 5.96 Å². The number of halogens is 1. The highest BCUT2D eigenvalue weighted by Gasteiger charge is 2.21. The van der Waals surface area contributed by atoms with Gasteiger partial charge in [-0.3, -0.25) is 4.99 Å². The van der Waals surface area contributed by atoms with Crippen molar-refractivity contribution < 1.29 is 4.42 Å². The van der Waals surface area contributed by atoms with Crippen LogP contribution in [-0.2, 0) is 12.0 Å². The average molecular weight is 420 g/mol. The first-order valence-electron chi connectivity index (χ1n) is 7.81. The van der Waals surface area contributed by atoms with Gasteiger partial charge in [0, 0.05) is 25.6 Å². The van der Waals surface area contributed by atoms with Crippen molar-refractivity contribution in [3.8, 4) is 0 Å². The van der Waals surface area contributed by atoms with Crippen molar-refractivity contribution in [3.63, 3.8) is 0 Å². The number of rotatable bonds is 2. The minimum Gasteiger partial charge on any atom is -0.443 e. The number of oxazole rings is 1. The summed E-state index contributed by atoms with van der Waals surface area (Å²) in [4.78, 5) is 11.0. The molecular formula is C16H29IN4O. The van der Waals surface area contributed by atoms with Crippen molar-refractivity contribution in [1.29, 1.82) is 0 Å². The first-order chi connectivity index (χ1) is 9.90. The van der Waals surface area contributed by atoms with Crippen LogP contribution in [-0.4, -0.2) is 36.0 Å². The van der Waals surface area contributed by atoms with E-state index in [9.17, 15) is 0 Å². The Balaban J connectivity index is 0.00000242. The highest BCUT2D eigenvalue weighted by Crippen LogP contribution is 2.22. The standard InChI is InChI=1S/C16H28N4O.HI/c1-12-6-8-20(9-7-12)15(17-5)19-11-14-18-10-13(21-14)16(2,3)4;/h10,12H,6-9,11H2,1-5H3,(H,17,19);1H. The lowest BCUT2D eigenvalue weighted by Gasteiger charge is -2.32. The summed E-state index contributed by atoms with van der Waals surface area (Å²) >= 11 is 0. The molecule has 0 aliphatic carbocycles. The third kappa shape index (κ3) is 5.14. The van der Waals surface area contributed by atoms with Gasteiger partial charge in [0.05, 0.1) is 12.7 Å². The van der Waals surface area contributed by atoms with E-state index in [1.807, 2.05) is 13.2 Å². The normalized spacial score (nSPS) is 17.3. The van der Waals surface area contributed by atoms with Crippen LogP contribution in [0.5, 0.6) is 0 Å². The van der Waals surface area contributed by atoms with Gasteiger partial charge in [0.25, 0.3) is 0 Å². The lowest BCUT2D eigenvalue weighted by atomic mass is 9.94. The molecule has 2 heterocycles. The summed E-state index contributed by atoms with van der Waals surface area (Å²) in [6, 6.07) is 0. The van der Waals surface area contributed by atoms with Gasteiger partial charge in [-0.25, -0.2) is 4.98 Å². The number of aromatic nitrogens is 1. The maximum atomic E-state index is 5.80. The Morgan fingerprint density at radius 3 is 2.55 bits per heavy atom.